The highest BCUT2D eigenvalue weighted by atomic mass is 32.2. The first-order chi connectivity index (χ1) is 7.98. The van der Waals surface area contributed by atoms with Gasteiger partial charge in [0.2, 0.25) is 10.0 Å². The topological polar surface area (TPSA) is 67.4 Å². The molecular formula is C11H18N2O3S. The normalized spacial score (nSPS) is 11.2. The van der Waals surface area contributed by atoms with E-state index in [2.05, 4.69) is 10.0 Å². The highest BCUT2D eigenvalue weighted by Crippen LogP contribution is 2.21. The third-order valence-electron chi connectivity index (χ3n) is 2.29. The van der Waals surface area contributed by atoms with E-state index in [-0.39, 0.29) is 5.75 Å². The molecular weight excluding hydrogens is 240 g/mol. The van der Waals surface area contributed by atoms with Gasteiger partial charge in [-0.3, -0.25) is 4.72 Å². The van der Waals surface area contributed by atoms with E-state index in [1.54, 1.807) is 32.4 Å². The minimum atomic E-state index is -3.29. The van der Waals surface area contributed by atoms with Gasteiger partial charge in [-0.1, -0.05) is 0 Å². The summed E-state index contributed by atoms with van der Waals surface area (Å²) in [6.07, 6.45) is 0. The molecule has 1 aromatic rings. The number of nitrogens with one attached hydrogen (secondary N) is 2. The zero-order valence-corrected chi connectivity index (χ0v) is 11.1. The minimum Gasteiger partial charge on any atom is -0.496 e. The summed E-state index contributed by atoms with van der Waals surface area (Å²) in [6.45, 7) is 2.29. The molecule has 0 fully saturated rings. The molecule has 0 saturated heterocycles. The molecule has 0 aliphatic heterocycles. The number of anilines is 1. The van der Waals surface area contributed by atoms with E-state index in [0.717, 1.165) is 11.3 Å². The summed E-state index contributed by atoms with van der Waals surface area (Å²) in [4.78, 5) is 0. The number of aryl methyl sites for hydroxylation is 1. The fourth-order valence-electron chi connectivity index (χ4n) is 1.41. The maximum Gasteiger partial charge on any atom is 0.233 e. The van der Waals surface area contributed by atoms with Gasteiger partial charge in [0.25, 0.3) is 0 Å². The fraction of sp³-hybridized carbons (Fsp3) is 0.455. The van der Waals surface area contributed by atoms with Gasteiger partial charge in [0.1, 0.15) is 5.75 Å². The van der Waals surface area contributed by atoms with Gasteiger partial charge >= 0.3 is 0 Å². The van der Waals surface area contributed by atoms with E-state index in [1.165, 1.54) is 0 Å². The quantitative estimate of drug-likeness (QED) is 0.797. The first-order valence-corrected chi connectivity index (χ1v) is 6.93. The number of ether oxygens (including phenoxy) is 1. The van der Waals surface area contributed by atoms with Crippen molar-refractivity contribution in [1.82, 2.24) is 5.32 Å². The van der Waals surface area contributed by atoms with E-state index in [4.69, 9.17) is 4.74 Å². The van der Waals surface area contributed by atoms with Crippen LogP contribution in [0.3, 0.4) is 0 Å². The molecule has 0 spiro atoms. The molecule has 0 bridgehead atoms. The zero-order valence-electron chi connectivity index (χ0n) is 10.3. The molecule has 17 heavy (non-hydrogen) atoms. The monoisotopic (exact) mass is 258 g/mol. The van der Waals surface area contributed by atoms with E-state index < -0.39 is 10.0 Å². The predicted octanol–water partition coefficient (Wildman–Crippen LogP) is 0.965. The lowest BCUT2D eigenvalue weighted by molar-refractivity contribution is 0.412. The standard InChI is InChI=1S/C11H18N2O3S/c1-9-8-10(4-5-11(9)16-3)13-17(14,15)7-6-12-2/h4-5,8,12-13H,6-7H2,1-3H3. The van der Waals surface area contributed by atoms with Crippen LogP contribution in [0.25, 0.3) is 0 Å². The maximum absolute atomic E-state index is 11.6. The first kappa shape index (κ1) is 13.8. The molecule has 0 saturated carbocycles. The number of methoxy groups -OCH3 is 1. The summed E-state index contributed by atoms with van der Waals surface area (Å²) in [5.74, 6) is 0.789. The molecule has 0 aliphatic rings. The molecule has 0 atom stereocenters. The van der Waals surface area contributed by atoms with Crippen LogP contribution in [0.15, 0.2) is 18.2 Å². The fourth-order valence-corrected chi connectivity index (χ4v) is 2.47. The lowest BCUT2D eigenvalue weighted by Gasteiger charge is -2.10. The van der Waals surface area contributed by atoms with Crippen LogP contribution < -0.4 is 14.8 Å². The Hall–Kier alpha value is -1.27. The van der Waals surface area contributed by atoms with Crippen molar-refractivity contribution in [2.75, 3.05) is 31.2 Å². The first-order valence-electron chi connectivity index (χ1n) is 5.28. The summed E-state index contributed by atoms with van der Waals surface area (Å²) in [5.41, 5.74) is 1.45. The van der Waals surface area contributed by atoms with E-state index in [9.17, 15) is 8.42 Å². The van der Waals surface area contributed by atoms with Crippen LogP contribution in [0.1, 0.15) is 5.56 Å². The van der Waals surface area contributed by atoms with Crippen LogP contribution in [-0.2, 0) is 10.0 Å². The molecule has 96 valence electrons. The van der Waals surface area contributed by atoms with Crippen LogP contribution in [-0.4, -0.2) is 34.9 Å². The number of benzene rings is 1. The average Bonchev–Trinajstić information content (AvgIpc) is 2.26. The molecule has 0 amide bonds. The van der Waals surface area contributed by atoms with Crippen molar-refractivity contribution in [3.63, 3.8) is 0 Å². The summed E-state index contributed by atoms with van der Waals surface area (Å²) in [5, 5.41) is 2.80. The highest BCUT2D eigenvalue weighted by Gasteiger charge is 2.10. The molecule has 0 aliphatic carbocycles. The molecule has 2 N–H and O–H groups in total. The van der Waals surface area contributed by atoms with Gasteiger partial charge in [0, 0.05) is 12.2 Å². The van der Waals surface area contributed by atoms with Crippen molar-refractivity contribution >= 4 is 15.7 Å². The second-order valence-electron chi connectivity index (χ2n) is 3.71. The number of hydrogen-bond acceptors (Lipinski definition) is 4. The van der Waals surface area contributed by atoms with E-state index in [0.29, 0.717) is 12.2 Å². The number of sulfonamides is 1. The van der Waals surface area contributed by atoms with Crippen LogP contribution >= 0.6 is 0 Å². The lowest BCUT2D eigenvalue weighted by Crippen LogP contribution is -2.24. The van der Waals surface area contributed by atoms with Crippen LogP contribution in [0, 0.1) is 6.92 Å². The Morgan fingerprint density at radius 1 is 1.35 bits per heavy atom. The Morgan fingerprint density at radius 3 is 2.59 bits per heavy atom. The highest BCUT2D eigenvalue weighted by molar-refractivity contribution is 7.92. The van der Waals surface area contributed by atoms with Gasteiger partial charge < -0.3 is 10.1 Å². The molecule has 0 unspecified atom stereocenters. The van der Waals surface area contributed by atoms with Crippen molar-refractivity contribution in [3.05, 3.63) is 23.8 Å². The van der Waals surface area contributed by atoms with Gasteiger partial charge in [-0.2, -0.15) is 0 Å². The second kappa shape index (κ2) is 5.88. The van der Waals surface area contributed by atoms with Crippen molar-refractivity contribution in [2.24, 2.45) is 0 Å². The molecule has 6 heteroatoms. The van der Waals surface area contributed by atoms with Crippen molar-refractivity contribution in [2.45, 2.75) is 6.92 Å². The Kier molecular flexibility index (Phi) is 4.77. The Bertz CT molecular complexity index is 472. The molecule has 0 radical (unpaired) electrons. The minimum absolute atomic E-state index is 0.0502. The van der Waals surface area contributed by atoms with E-state index >= 15 is 0 Å². The molecule has 0 heterocycles. The average molecular weight is 258 g/mol. The van der Waals surface area contributed by atoms with Crippen molar-refractivity contribution < 1.29 is 13.2 Å². The summed E-state index contributed by atoms with van der Waals surface area (Å²) >= 11 is 0. The summed E-state index contributed by atoms with van der Waals surface area (Å²) in [7, 11) is 0.0113. The van der Waals surface area contributed by atoms with Crippen LogP contribution in [0.4, 0.5) is 5.69 Å². The maximum atomic E-state index is 11.6. The van der Waals surface area contributed by atoms with Crippen LogP contribution in [0.2, 0.25) is 0 Å². The Labute approximate surface area is 102 Å². The van der Waals surface area contributed by atoms with E-state index in [1.807, 2.05) is 6.92 Å². The molecule has 0 aromatic heterocycles. The molecule has 1 rings (SSSR count). The zero-order chi connectivity index (χ0) is 12.9. The number of hydrogen-bond donors (Lipinski definition) is 2. The lowest BCUT2D eigenvalue weighted by atomic mass is 10.2. The number of rotatable bonds is 6. The molecule has 5 nitrogen and oxygen atoms in total. The summed E-state index contributed by atoms with van der Waals surface area (Å²) < 4.78 is 30.9. The van der Waals surface area contributed by atoms with Gasteiger partial charge in [0.15, 0.2) is 0 Å². The third-order valence-corrected chi connectivity index (χ3v) is 3.58. The SMILES string of the molecule is CNCCS(=O)(=O)Nc1ccc(OC)c(C)c1. The third kappa shape index (κ3) is 4.24. The Balaban J connectivity index is 2.78. The Morgan fingerprint density at radius 2 is 2.06 bits per heavy atom. The van der Waals surface area contributed by atoms with Crippen molar-refractivity contribution in [3.8, 4) is 5.75 Å². The predicted molar refractivity (Wildman–Crippen MR) is 69.1 cm³/mol. The van der Waals surface area contributed by atoms with Crippen molar-refractivity contribution in [1.29, 1.82) is 0 Å². The molecule has 1 aromatic carbocycles. The summed E-state index contributed by atoms with van der Waals surface area (Å²) in [6, 6.07) is 5.17. The smallest absolute Gasteiger partial charge is 0.233 e. The largest absolute Gasteiger partial charge is 0.496 e. The van der Waals surface area contributed by atoms with Gasteiger partial charge in [-0.25, -0.2) is 8.42 Å². The van der Waals surface area contributed by atoms with Gasteiger partial charge in [-0.15, -0.1) is 0 Å². The van der Waals surface area contributed by atoms with Gasteiger partial charge in [-0.05, 0) is 37.7 Å². The van der Waals surface area contributed by atoms with Crippen LogP contribution in [0.5, 0.6) is 5.75 Å². The second-order valence-corrected chi connectivity index (χ2v) is 5.55. The van der Waals surface area contributed by atoms with Gasteiger partial charge in [0.05, 0.1) is 12.9 Å².